The van der Waals surface area contributed by atoms with Crippen molar-refractivity contribution < 1.29 is 27.8 Å². The molecule has 1 unspecified atom stereocenters. The number of benzene rings is 2. The standard InChI is InChI=1S/C24H24F3N3O4/c1-24(2)11-29(7-6-18(24)28)20-16(27)9-13-19(22(20)34-3)30(10-14(21(13)31)23(32)33)17-5-4-12(25)8-15(17)26/h4-5,8-10,18H,6-7,11,28H2,1-3H3,(H,32,33). The van der Waals surface area contributed by atoms with Gasteiger partial charge in [-0.1, -0.05) is 13.8 Å². The van der Waals surface area contributed by atoms with Gasteiger partial charge in [-0.2, -0.15) is 0 Å². The molecule has 0 saturated carbocycles. The van der Waals surface area contributed by atoms with Crippen LogP contribution < -0.4 is 20.8 Å². The summed E-state index contributed by atoms with van der Waals surface area (Å²) in [5, 5.41) is 9.22. The van der Waals surface area contributed by atoms with Gasteiger partial charge in [0.05, 0.1) is 18.2 Å². The number of piperidine rings is 1. The summed E-state index contributed by atoms with van der Waals surface area (Å²) in [6, 6.07) is 3.55. The summed E-state index contributed by atoms with van der Waals surface area (Å²) in [5.41, 5.74) is 3.99. The van der Waals surface area contributed by atoms with E-state index in [-0.39, 0.29) is 39.5 Å². The Morgan fingerprint density at radius 3 is 2.50 bits per heavy atom. The number of nitrogens with two attached hydrogens (primary N) is 1. The van der Waals surface area contributed by atoms with Gasteiger partial charge in [0.25, 0.3) is 0 Å². The Bertz CT molecular complexity index is 1370. The number of carboxylic acid groups (broad SMARTS) is 1. The highest BCUT2D eigenvalue weighted by molar-refractivity contribution is 5.97. The molecule has 1 fully saturated rings. The molecule has 0 amide bonds. The number of rotatable bonds is 4. The number of fused-ring (bicyclic) bond motifs is 1. The zero-order chi connectivity index (χ0) is 24.9. The second-order valence-electron chi connectivity index (χ2n) is 9.08. The molecular formula is C24H24F3N3O4. The van der Waals surface area contributed by atoms with Crippen LogP contribution in [-0.4, -0.2) is 41.9 Å². The maximum absolute atomic E-state index is 15.5. The van der Waals surface area contributed by atoms with Crippen molar-refractivity contribution in [2.75, 3.05) is 25.1 Å². The summed E-state index contributed by atoms with van der Waals surface area (Å²) >= 11 is 0. The molecular weight excluding hydrogens is 451 g/mol. The van der Waals surface area contributed by atoms with Crippen molar-refractivity contribution in [2.45, 2.75) is 26.3 Å². The highest BCUT2D eigenvalue weighted by Gasteiger charge is 2.36. The third-order valence-electron chi connectivity index (χ3n) is 6.40. The van der Waals surface area contributed by atoms with Gasteiger partial charge < -0.3 is 25.0 Å². The number of methoxy groups -OCH3 is 1. The summed E-state index contributed by atoms with van der Waals surface area (Å²) in [6.45, 7) is 4.71. The van der Waals surface area contributed by atoms with Crippen LogP contribution in [0, 0.1) is 22.9 Å². The second kappa shape index (κ2) is 8.35. The number of carboxylic acids is 1. The number of hydrogen-bond acceptors (Lipinski definition) is 5. The molecule has 0 radical (unpaired) electrons. The molecule has 180 valence electrons. The van der Waals surface area contributed by atoms with Crippen LogP contribution in [0.2, 0.25) is 0 Å². The Morgan fingerprint density at radius 2 is 1.91 bits per heavy atom. The fourth-order valence-corrected chi connectivity index (χ4v) is 4.49. The van der Waals surface area contributed by atoms with Crippen molar-refractivity contribution in [1.29, 1.82) is 0 Å². The van der Waals surface area contributed by atoms with Crippen LogP contribution >= 0.6 is 0 Å². The summed E-state index contributed by atoms with van der Waals surface area (Å²) < 4.78 is 50.5. The van der Waals surface area contributed by atoms with Gasteiger partial charge in [0.15, 0.2) is 11.6 Å². The lowest BCUT2D eigenvalue weighted by atomic mass is 9.79. The van der Waals surface area contributed by atoms with Gasteiger partial charge in [0, 0.05) is 31.4 Å². The summed E-state index contributed by atoms with van der Waals surface area (Å²) in [6.07, 6.45) is 1.51. The van der Waals surface area contributed by atoms with E-state index >= 15 is 4.39 Å². The van der Waals surface area contributed by atoms with Crippen LogP contribution in [0.15, 0.2) is 35.3 Å². The molecule has 1 aliphatic heterocycles. The number of aromatic carboxylic acids is 1. The normalized spacial score (nSPS) is 17.7. The number of anilines is 1. The number of halogens is 3. The van der Waals surface area contributed by atoms with Crippen LogP contribution in [-0.2, 0) is 0 Å². The summed E-state index contributed by atoms with van der Waals surface area (Å²) in [7, 11) is 1.28. The average Bonchev–Trinajstić information content (AvgIpc) is 2.75. The van der Waals surface area contributed by atoms with E-state index in [1.807, 2.05) is 13.8 Å². The second-order valence-corrected chi connectivity index (χ2v) is 9.08. The predicted octanol–water partition coefficient (Wildman–Crippen LogP) is 3.68. The predicted molar refractivity (Wildman–Crippen MR) is 122 cm³/mol. The van der Waals surface area contributed by atoms with E-state index in [0.29, 0.717) is 25.6 Å². The Labute approximate surface area is 193 Å². The Morgan fingerprint density at radius 1 is 1.21 bits per heavy atom. The van der Waals surface area contributed by atoms with Gasteiger partial charge >= 0.3 is 5.97 Å². The van der Waals surface area contributed by atoms with Crippen LogP contribution in [0.5, 0.6) is 5.75 Å². The van der Waals surface area contributed by atoms with Gasteiger partial charge in [-0.25, -0.2) is 18.0 Å². The van der Waals surface area contributed by atoms with Crippen molar-refractivity contribution in [1.82, 2.24) is 4.57 Å². The van der Waals surface area contributed by atoms with Gasteiger partial charge in [0.1, 0.15) is 28.4 Å². The van der Waals surface area contributed by atoms with E-state index in [4.69, 9.17) is 10.5 Å². The topological polar surface area (TPSA) is 97.8 Å². The average molecular weight is 475 g/mol. The molecule has 7 nitrogen and oxygen atoms in total. The Balaban J connectivity index is 2.10. The fourth-order valence-electron chi connectivity index (χ4n) is 4.49. The lowest BCUT2D eigenvalue weighted by Gasteiger charge is -2.44. The van der Waals surface area contributed by atoms with Gasteiger partial charge in [-0.3, -0.25) is 4.79 Å². The SMILES string of the molecule is COc1c(N2CCC(N)C(C)(C)C2)c(F)cc2c(=O)c(C(=O)O)cn(-c3ccc(F)cc3F)c12. The molecule has 1 saturated heterocycles. The zero-order valence-corrected chi connectivity index (χ0v) is 18.9. The lowest BCUT2D eigenvalue weighted by molar-refractivity contribution is 0.0695. The number of carbonyl (C=O) groups is 1. The third kappa shape index (κ3) is 3.77. The van der Waals surface area contributed by atoms with E-state index in [9.17, 15) is 23.5 Å². The van der Waals surface area contributed by atoms with Crippen molar-refractivity contribution in [3.8, 4) is 11.4 Å². The fraction of sp³-hybridized carbons (Fsp3) is 0.333. The van der Waals surface area contributed by atoms with E-state index in [1.54, 1.807) is 4.90 Å². The van der Waals surface area contributed by atoms with E-state index in [0.717, 1.165) is 29.0 Å². The molecule has 34 heavy (non-hydrogen) atoms. The number of aromatic nitrogens is 1. The first-order valence-corrected chi connectivity index (χ1v) is 10.6. The van der Waals surface area contributed by atoms with Gasteiger partial charge in [-0.15, -0.1) is 0 Å². The molecule has 1 aromatic heterocycles. The Hall–Kier alpha value is -3.53. The first-order chi connectivity index (χ1) is 16.0. The van der Waals surface area contributed by atoms with Crippen molar-refractivity contribution >= 4 is 22.6 Å². The van der Waals surface area contributed by atoms with E-state index in [2.05, 4.69) is 0 Å². The first-order valence-electron chi connectivity index (χ1n) is 10.6. The van der Waals surface area contributed by atoms with Crippen LogP contribution in [0.25, 0.3) is 16.6 Å². The Kier molecular flexibility index (Phi) is 5.80. The van der Waals surface area contributed by atoms with Crippen LogP contribution in [0.3, 0.4) is 0 Å². The summed E-state index contributed by atoms with van der Waals surface area (Å²) in [4.78, 5) is 26.4. The number of hydrogen-bond donors (Lipinski definition) is 2. The van der Waals surface area contributed by atoms with Crippen LogP contribution in [0.4, 0.5) is 18.9 Å². The first kappa shape index (κ1) is 23.6. The highest BCUT2D eigenvalue weighted by Crippen LogP contribution is 2.42. The molecule has 0 spiro atoms. The molecule has 4 rings (SSSR count). The third-order valence-corrected chi connectivity index (χ3v) is 6.40. The molecule has 2 heterocycles. The monoisotopic (exact) mass is 475 g/mol. The van der Waals surface area contributed by atoms with Crippen molar-refractivity contribution in [2.24, 2.45) is 11.1 Å². The molecule has 3 aromatic rings. The molecule has 2 aromatic carbocycles. The van der Waals surface area contributed by atoms with Gasteiger partial charge in [-0.05, 0) is 30.0 Å². The molecule has 1 aliphatic rings. The van der Waals surface area contributed by atoms with Crippen molar-refractivity contribution in [3.63, 3.8) is 0 Å². The smallest absolute Gasteiger partial charge is 0.341 e. The minimum atomic E-state index is -1.57. The molecule has 0 bridgehead atoms. The zero-order valence-electron chi connectivity index (χ0n) is 18.9. The molecule has 10 heteroatoms. The molecule has 0 aliphatic carbocycles. The minimum absolute atomic E-state index is 0.0351. The largest absolute Gasteiger partial charge is 0.492 e. The molecule has 1 atom stereocenters. The quantitative estimate of drug-likeness (QED) is 0.598. The van der Waals surface area contributed by atoms with E-state index in [1.165, 1.54) is 7.11 Å². The maximum Gasteiger partial charge on any atom is 0.341 e. The highest BCUT2D eigenvalue weighted by atomic mass is 19.1. The number of nitrogens with zero attached hydrogens (tertiary/aromatic N) is 2. The minimum Gasteiger partial charge on any atom is -0.492 e. The van der Waals surface area contributed by atoms with E-state index < -0.39 is 34.4 Å². The van der Waals surface area contributed by atoms with Gasteiger partial charge in [0.2, 0.25) is 5.43 Å². The maximum atomic E-state index is 15.5. The summed E-state index contributed by atoms with van der Waals surface area (Å²) in [5.74, 6) is -4.27. The number of ether oxygens (including phenoxy) is 1. The lowest BCUT2D eigenvalue weighted by Crippen LogP contribution is -2.52. The van der Waals surface area contributed by atoms with Crippen molar-refractivity contribution in [3.05, 3.63) is 63.7 Å². The molecule has 3 N–H and O–H groups in total. The number of pyridine rings is 1. The van der Waals surface area contributed by atoms with Crippen LogP contribution in [0.1, 0.15) is 30.6 Å².